The minimum atomic E-state index is -0.757. The number of benzene rings is 8. The van der Waals surface area contributed by atoms with E-state index in [9.17, 15) is 0 Å². The minimum absolute atomic E-state index is 0.511. The lowest BCUT2D eigenvalue weighted by molar-refractivity contribution is 0.325. The molecule has 1 aliphatic rings. The highest BCUT2D eigenvalue weighted by Gasteiger charge is 2.47. The molecule has 8 aromatic carbocycles. The molecule has 0 spiro atoms. The van der Waals surface area contributed by atoms with Crippen LogP contribution in [0.3, 0.4) is 0 Å². The van der Waals surface area contributed by atoms with Gasteiger partial charge in [-0.15, -0.1) is 0 Å². The first-order chi connectivity index (χ1) is 31.0. The molecule has 0 atom stereocenters. The van der Waals surface area contributed by atoms with Gasteiger partial charge >= 0.3 is 0 Å². The summed E-state index contributed by atoms with van der Waals surface area (Å²) in [7, 11) is 9.84. The predicted molar refractivity (Wildman–Crippen MR) is 252 cm³/mol. The van der Waals surface area contributed by atoms with Gasteiger partial charge in [0.15, 0.2) is 23.0 Å². The molecule has 8 aromatic rings. The molecule has 0 saturated carbocycles. The molecule has 314 valence electrons. The van der Waals surface area contributed by atoms with E-state index in [1.165, 1.54) is 0 Å². The van der Waals surface area contributed by atoms with E-state index in [1.807, 2.05) is 60.7 Å². The second kappa shape index (κ2) is 17.3. The average Bonchev–Trinajstić information content (AvgIpc) is 3.64. The Morgan fingerprint density at radius 3 is 1.00 bits per heavy atom. The van der Waals surface area contributed by atoms with Crippen molar-refractivity contribution in [3.63, 3.8) is 0 Å². The summed E-state index contributed by atoms with van der Waals surface area (Å²) in [5.41, 5.74) is 11.4. The predicted octanol–water partition coefficient (Wildman–Crippen LogP) is 13.0. The van der Waals surface area contributed by atoms with E-state index >= 15 is 0 Å². The number of hydrogen-bond donors (Lipinski definition) is 0. The molecule has 9 rings (SSSR count). The molecule has 0 saturated heterocycles. The van der Waals surface area contributed by atoms with E-state index in [4.69, 9.17) is 28.4 Å². The molecule has 8 nitrogen and oxygen atoms in total. The van der Waals surface area contributed by atoms with Gasteiger partial charge in [-0.05, 0) is 106 Å². The monoisotopic (exact) mass is 832 g/mol. The molecular formula is C55H48N2O6. The van der Waals surface area contributed by atoms with Crippen LogP contribution in [0.5, 0.6) is 34.5 Å². The molecule has 1 aliphatic carbocycles. The number of hydrogen-bond acceptors (Lipinski definition) is 8. The van der Waals surface area contributed by atoms with E-state index in [-0.39, 0.29) is 0 Å². The Labute approximate surface area is 369 Å². The zero-order valence-corrected chi connectivity index (χ0v) is 36.2. The highest BCUT2D eigenvalue weighted by Crippen LogP contribution is 2.59. The van der Waals surface area contributed by atoms with E-state index < -0.39 is 5.41 Å². The van der Waals surface area contributed by atoms with Crippen molar-refractivity contribution >= 4 is 34.1 Å². The standard InChI is InChI=1S/C55H48N2O6/c1-58-49-33-31-47(51(60-3)53(49)62-5)56(39-23-15-9-16-24-39)41-27-29-43-44-30-28-42(57(40-25-17-10-18-26-40)48-32-34-50(59-2)54(63-6)52(48)61-4)36-46(44)55(45(43)35-41,37-19-11-7-12-20-37)38-21-13-8-14-22-38/h7-36H,1-6H3. The first-order valence-electron chi connectivity index (χ1n) is 20.7. The molecule has 0 N–H and O–H groups in total. The van der Waals surface area contributed by atoms with Crippen LogP contribution in [0.4, 0.5) is 34.1 Å². The fraction of sp³-hybridized carbons (Fsp3) is 0.127. The van der Waals surface area contributed by atoms with Crippen LogP contribution < -0.4 is 38.2 Å². The van der Waals surface area contributed by atoms with Crippen LogP contribution in [0.1, 0.15) is 22.3 Å². The fourth-order valence-corrected chi connectivity index (χ4v) is 9.27. The number of methoxy groups -OCH3 is 6. The zero-order valence-electron chi connectivity index (χ0n) is 36.2. The summed E-state index contributed by atoms with van der Waals surface area (Å²) < 4.78 is 35.5. The maximum Gasteiger partial charge on any atom is 0.205 e. The van der Waals surface area contributed by atoms with Gasteiger partial charge in [0.05, 0.1) is 59.4 Å². The van der Waals surface area contributed by atoms with Crippen molar-refractivity contribution in [1.82, 2.24) is 0 Å². The van der Waals surface area contributed by atoms with Gasteiger partial charge in [-0.1, -0.05) is 109 Å². The van der Waals surface area contributed by atoms with Crippen LogP contribution in [-0.2, 0) is 5.41 Å². The molecule has 0 fully saturated rings. The number of para-hydroxylation sites is 2. The summed E-state index contributed by atoms with van der Waals surface area (Å²) >= 11 is 0. The average molecular weight is 833 g/mol. The lowest BCUT2D eigenvalue weighted by atomic mass is 9.67. The minimum Gasteiger partial charge on any atom is -0.493 e. The van der Waals surface area contributed by atoms with Crippen molar-refractivity contribution in [1.29, 1.82) is 0 Å². The SMILES string of the molecule is COc1ccc(N(c2ccccc2)c2ccc3c(c2)C(c2ccccc2)(c2ccccc2)c2cc(N(c4ccccc4)c4ccc(OC)c(OC)c4OC)ccc2-3)c(OC)c1OC. The molecule has 0 unspecified atom stereocenters. The van der Waals surface area contributed by atoms with Crippen LogP contribution in [0.2, 0.25) is 0 Å². The number of rotatable bonds is 14. The second-order valence-corrected chi connectivity index (χ2v) is 15.0. The maximum absolute atomic E-state index is 6.13. The molecule has 0 radical (unpaired) electrons. The smallest absolute Gasteiger partial charge is 0.205 e. The Bertz CT molecular complexity index is 2670. The molecule has 0 amide bonds. The Kier molecular flexibility index (Phi) is 11.1. The third kappa shape index (κ3) is 6.71. The highest BCUT2D eigenvalue weighted by atomic mass is 16.5. The molecular weight excluding hydrogens is 785 g/mol. The summed E-state index contributed by atoms with van der Waals surface area (Å²) in [4.78, 5) is 4.44. The van der Waals surface area contributed by atoms with Gasteiger partial charge in [0, 0.05) is 22.7 Å². The van der Waals surface area contributed by atoms with Crippen molar-refractivity contribution < 1.29 is 28.4 Å². The van der Waals surface area contributed by atoms with Crippen LogP contribution in [-0.4, -0.2) is 42.7 Å². The Morgan fingerprint density at radius 1 is 0.317 bits per heavy atom. The Hall–Kier alpha value is -7.84. The summed E-state index contributed by atoms with van der Waals surface area (Å²) in [6, 6.07) is 63.7. The van der Waals surface area contributed by atoms with Crippen LogP contribution in [0.15, 0.2) is 182 Å². The first kappa shape index (κ1) is 40.6. The number of fused-ring (bicyclic) bond motifs is 3. The summed E-state index contributed by atoms with van der Waals surface area (Å²) in [5.74, 6) is 3.28. The van der Waals surface area contributed by atoms with Gasteiger partial charge in [-0.3, -0.25) is 0 Å². The molecule has 0 aromatic heterocycles. The maximum atomic E-state index is 6.13. The highest BCUT2D eigenvalue weighted by molar-refractivity contribution is 5.93. The van der Waals surface area contributed by atoms with E-state index in [2.05, 4.69) is 131 Å². The van der Waals surface area contributed by atoms with Crippen molar-refractivity contribution in [2.45, 2.75) is 5.41 Å². The van der Waals surface area contributed by atoms with E-state index in [0.717, 1.165) is 67.5 Å². The van der Waals surface area contributed by atoms with Gasteiger partial charge < -0.3 is 38.2 Å². The number of nitrogens with zero attached hydrogens (tertiary/aromatic N) is 2. The van der Waals surface area contributed by atoms with Crippen LogP contribution in [0.25, 0.3) is 11.1 Å². The van der Waals surface area contributed by atoms with Crippen molar-refractivity contribution in [3.8, 4) is 45.6 Å². The lowest BCUT2D eigenvalue weighted by Crippen LogP contribution is -2.29. The number of ether oxygens (including phenoxy) is 6. The van der Waals surface area contributed by atoms with E-state index in [0.29, 0.717) is 34.5 Å². The van der Waals surface area contributed by atoms with Gasteiger partial charge in [-0.2, -0.15) is 0 Å². The van der Waals surface area contributed by atoms with Gasteiger partial charge in [0.1, 0.15) is 0 Å². The van der Waals surface area contributed by atoms with Gasteiger partial charge in [0.2, 0.25) is 11.5 Å². The van der Waals surface area contributed by atoms with Crippen molar-refractivity contribution in [2.75, 3.05) is 52.5 Å². The van der Waals surface area contributed by atoms with Crippen LogP contribution >= 0.6 is 0 Å². The van der Waals surface area contributed by atoms with Crippen molar-refractivity contribution in [2.24, 2.45) is 0 Å². The first-order valence-corrected chi connectivity index (χ1v) is 20.7. The number of anilines is 6. The molecule has 0 bridgehead atoms. The van der Waals surface area contributed by atoms with Crippen molar-refractivity contribution in [3.05, 3.63) is 204 Å². The topological polar surface area (TPSA) is 61.9 Å². The molecule has 63 heavy (non-hydrogen) atoms. The van der Waals surface area contributed by atoms with Gasteiger partial charge in [-0.25, -0.2) is 0 Å². The van der Waals surface area contributed by atoms with Crippen LogP contribution in [0, 0.1) is 0 Å². The Balaban J connectivity index is 1.34. The lowest BCUT2D eigenvalue weighted by Gasteiger charge is -2.36. The normalized spacial score (nSPS) is 12.1. The Morgan fingerprint density at radius 2 is 0.667 bits per heavy atom. The summed E-state index contributed by atoms with van der Waals surface area (Å²) in [6.45, 7) is 0. The van der Waals surface area contributed by atoms with E-state index in [1.54, 1.807) is 42.7 Å². The zero-order chi connectivity index (χ0) is 43.5. The fourth-order valence-electron chi connectivity index (χ4n) is 9.27. The molecule has 0 heterocycles. The van der Waals surface area contributed by atoms with Gasteiger partial charge in [0.25, 0.3) is 0 Å². The largest absolute Gasteiger partial charge is 0.493 e. The quantitative estimate of drug-likeness (QED) is 0.107. The second-order valence-electron chi connectivity index (χ2n) is 15.0. The third-order valence-corrected chi connectivity index (χ3v) is 11.9. The molecule has 8 heteroatoms. The summed E-state index contributed by atoms with van der Waals surface area (Å²) in [6.07, 6.45) is 0. The third-order valence-electron chi connectivity index (χ3n) is 11.9. The molecule has 0 aliphatic heterocycles. The summed E-state index contributed by atoms with van der Waals surface area (Å²) in [5, 5.41) is 0.